The fraction of sp³-hybridized carbons (Fsp3) is 0.884. The number of rotatable bonds is 78. The van der Waals surface area contributed by atoms with E-state index in [1.54, 1.807) is 6.08 Å². The molecule has 0 aromatic rings. The highest BCUT2D eigenvalue weighted by Gasteiger charge is 2.54. The molecule has 0 aromatic carbocycles. The van der Waals surface area contributed by atoms with Crippen molar-refractivity contribution in [1.29, 1.82) is 0 Å². The largest absolute Gasteiger partial charge is 0.394 e. The van der Waals surface area contributed by atoms with Crippen LogP contribution in [0.1, 0.15) is 406 Å². The predicted octanol–water partition coefficient (Wildman–Crippen LogP) is 18.9. The summed E-state index contributed by atoms with van der Waals surface area (Å²) in [5.41, 5.74) is 0. The van der Waals surface area contributed by atoms with Gasteiger partial charge >= 0.3 is 0 Å². The topological polar surface area (TPSA) is 307 Å². The average Bonchev–Trinajstić information content (AvgIpc) is 0.782. The van der Waals surface area contributed by atoms with Gasteiger partial charge in [0.2, 0.25) is 5.91 Å². The van der Waals surface area contributed by atoms with Crippen molar-refractivity contribution >= 4 is 5.91 Å². The van der Waals surface area contributed by atoms with Crippen LogP contribution in [0.2, 0.25) is 0 Å². The van der Waals surface area contributed by atoms with Crippen molar-refractivity contribution < 1.29 is 89.4 Å². The van der Waals surface area contributed by atoms with Gasteiger partial charge in [-0.1, -0.05) is 389 Å². The molecule has 3 rings (SSSR count). The van der Waals surface area contributed by atoms with Crippen molar-refractivity contribution in [3.63, 3.8) is 0 Å². The molecular formula is C95H175NO18. The molecular weight excluding hydrogens is 1440 g/mol. The quantitative estimate of drug-likeness (QED) is 0.0199. The van der Waals surface area contributed by atoms with Gasteiger partial charge in [-0.15, -0.1) is 0 Å². The smallest absolute Gasteiger partial charge is 0.220 e. The van der Waals surface area contributed by atoms with Crippen LogP contribution in [-0.4, -0.2) is 193 Å². The average molecular weight is 1620 g/mol. The third kappa shape index (κ3) is 52.0. The van der Waals surface area contributed by atoms with E-state index in [4.69, 9.17) is 28.4 Å². The maximum absolute atomic E-state index is 13.5. The molecule has 17 unspecified atom stereocenters. The number of carbonyl (C=O) groups is 1. The molecule has 3 aliphatic heterocycles. The van der Waals surface area contributed by atoms with Gasteiger partial charge in [0.1, 0.15) is 73.2 Å². The molecule has 668 valence electrons. The second-order valence-corrected chi connectivity index (χ2v) is 33.8. The lowest BCUT2D eigenvalue weighted by molar-refractivity contribution is -0.379. The van der Waals surface area contributed by atoms with E-state index in [-0.39, 0.29) is 18.9 Å². The second-order valence-electron chi connectivity index (χ2n) is 33.8. The number of carbonyl (C=O) groups excluding carboxylic acids is 1. The highest BCUT2D eigenvalue weighted by atomic mass is 16.8. The van der Waals surface area contributed by atoms with Crippen LogP contribution in [0.15, 0.2) is 60.8 Å². The summed E-state index contributed by atoms with van der Waals surface area (Å²) < 4.78 is 34.5. The summed E-state index contributed by atoms with van der Waals surface area (Å²) >= 11 is 0. The van der Waals surface area contributed by atoms with Crippen LogP contribution in [-0.2, 0) is 33.2 Å². The Bertz CT molecular complexity index is 2290. The molecule has 0 aliphatic carbocycles. The summed E-state index contributed by atoms with van der Waals surface area (Å²) in [6.07, 6.45) is 72.5. The molecule has 12 N–H and O–H groups in total. The Hall–Kier alpha value is -2.51. The highest BCUT2D eigenvalue weighted by molar-refractivity contribution is 5.76. The first kappa shape index (κ1) is 106. The standard InChI is InChI=1S/C95H175NO18/c1-3-5-7-9-11-13-15-17-19-21-23-25-27-29-31-33-34-35-36-37-38-39-40-41-42-43-44-45-47-49-51-53-55-57-59-61-63-65-67-69-71-73-83(101)96-78(79(100)72-70-68-66-64-62-60-58-56-54-52-50-48-46-32-30-28-26-24-22-20-18-16-14-12-10-8-6-4-2)77-109-93-89(107)86(104)91(81(75-98)111-93)114-95-90(108)87(105)92(82(76-99)112-95)113-94-88(106)85(103)84(102)80(74-97)110-94/h15,17,21,23,27,29,62,64,70,72,78-82,84-95,97-100,102-108H,3-14,16,18-20,22,24-26,28,30-61,63,65-69,71,73-77H2,1-2H3,(H,96,101)/b17-15-,23-21-,29-27-,64-62+,72-70+. The van der Waals surface area contributed by atoms with Crippen molar-refractivity contribution in [2.75, 3.05) is 26.4 Å². The Kier molecular flexibility index (Phi) is 68.9. The minimum absolute atomic E-state index is 0.239. The summed E-state index contributed by atoms with van der Waals surface area (Å²) in [6.45, 7) is 1.77. The van der Waals surface area contributed by atoms with E-state index in [1.807, 2.05) is 6.08 Å². The molecule has 0 aromatic heterocycles. The van der Waals surface area contributed by atoms with Gasteiger partial charge in [-0.05, 0) is 70.6 Å². The molecule has 114 heavy (non-hydrogen) atoms. The van der Waals surface area contributed by atoms with E-state index >= 15 is 0 Å². The molecule has 17 atom stereocenters. The Morgan fingerprint density at radius 3 is 0.939 bits per heavy atom. The predicted molar refractivity (Wildman–Crippen MR) is 462 cm³/mol. The zero-order chi connectivity index (χ0) is 82.4. The Morgan fingerprint density at radius 2 is 0.588 bits per heavy atom. The van der Waals surface area contributed by atoms with E-state index in [0.717, 1.165) is 51.4 Å². The Balaban J connectivity index is 1.30. The number of ether oxygens (including phenoxy) is 6. The molecule has 19 heteroatoms. The SMILES string of the molecule is CCCCCCC/C=C\C/C=C\C/C=C\CCCCCCCCCCCCCCCCCCCCCCCCCCCCC(=O)NC(COC1OC(CO)C(OC2OC(CO)C(OC3OC(CO)C(O)C(O)C3O)C(O)C2O)C(O)C1O)C(O)/C=C/CC/C=C/CCCCCCCCCCCCCCCCCCCCCCCC. The van der Waals surface area contributed by atoms with Crippen LogP contribution in [0.4, 0.5) is 0 Å². The van der Waals surface area contributed by atoms with Crippen LogP contribution in [0.3, 0.4) is 0 Å². The maximum Gasteiger partial charge on any atom is 0.220 e. The first-order valence-corrected chi connectivity index (χ1v) is 47.5. The molecule has 1 amide bonds. The Labute approximate surface area is 694 Å². The number of allylic oxidation sites excluding steroid dienone is 9. The van der Waals surface area contributed by atoms with Crippen LogP contribution in [0, 0.1) is 0 Å². The Morgan fingerprint density at radius 1 is 0.316 bits per heavy atom. The molecule has 19 nitrogen and oxygen atoms in total. The molecule has 0 radical (unpaired) electrons. The van der Waals surface area contributed by atoms with E-state index in [1.165, 1.54) is 321 Å². The van der Waals surface area contributed by atoms with Gasteiger partial charge in [-0.2, -0.15) is 0 Å². The van der Waals surface area contributed by atoms with Gasteiger partial charge in [0.15, 0.2) is 18.9 Å². The number of nitrogens with one attached hydrogen (secondary N) is 1. The van der Waals surface area contributed by atoms with Gasteiger partial charge < -0.3 is 89.9 Å². The van der Waals surface area contributed by atoms with E-state index in [2.05, 4.69) is 67.8 Å². The van der Waals surface area contributed by atoms with Crippen LogP contribution in [0.5, 0.6) is 0 Å². The van der Waals surface area contributed by atoms with Crippen LogP contribution < -0.4 is 5.32 Å². The van der Waals surface area contributed by atoms with Gasteiger partial charge in [0.05, 0.1) is 38.6 Å². The lowest BCUT2D eigenvalue weighted by atomic mass is 9.96. The van der Waals surface area contributed by atoms with Crippen LogP contribution >= 0.6 is 0 Å². The number of aliphatic hydroxyl groups excluding tert-OH is 11. The van der Waals surface area contributed by atoms with E-state index in [9.17, 15) is 61.0 Å². The van der Waals surface area contributed by atoms with Crippen LogP contribution in [0.25, 0.3) is 0 Å². The lowest BCUT2D eigenvalue weighted by Gasteiger charge is -2.48. The van der Waals surface area contributed by atoms with Gasteiger partial charge in [-0.25, -0.2) is 0 Å². The normalized spacial score (nSPS) is 24.9. The van der Waals surface area contributed by atoms with Gasteiger partial charge in [0, 0.05) is 6.42 Å². The summed E-state index contributed by atoms with van der Waals surface area (Å²) in [7, 11) is 0. The number of amides is 1. The molecule has 3 heterocycles. The zero-order valence-electron chi connectivity index (χ0n) is 72.3. The second kappa shape index (κ2) is 74.3. The third-order valence-corrected chi connectivity index (χ3v) is 23.5. The summed E-state index contributed by atoms with van der Waals surface area (Å²) in [4.78, 5) is 13.5. The molecule has 3 aliphatic rings. The number of unbranched alkanes of at least 4 members (excludes halogenated alkanes) is 54. The third-order valence-electron chi connectivity index (χ3n) is 23.5. The molecule has 0 bridgehead atoms. The van der Waals surface area contributed by atoms with Crippen molar-refractivity contribution in [2.45, 2.75) is 510 Å². The minimum Gasteiger partial charge on any atom is -0.394 e. The number of aliphatic hydroxyl groups is 11. The number of hydrogen-bond donors (Lipinski definition) is 12. The first-order chi connectivity index (χ1) is 55.8. The summed E-state index contributed by atoms with van der Waals surface area (Å²) in [6, 6.07) is -0.992. The van der Waals surface area contributed by atoms with E-state index < -0.39 is 124 Å². The van der Waals surface area contributed by atoms with Crippen molar-refractivity contribution in [3.8, 4) is 0 Å². The highest BCUT2D eigenvalue weighted by Crippen LogP contribution is 2.34. The lowest BCUT2D eigenvalue weighted by Crippen LogP contribution is -2.66. The zero-order valence-corrected chi connectivity index (χ0v) is 72.3. The molecule has 3 fully saturated rings. The summed E-state index contributed by atoms with van der Waals surface area (Å²) in [5, 5.41) is 121. The monoisotopic (exact) mass is 1620 g/mol. The fourth-order valence-electron chi connectivity index (χ4n) is 16.0. The van der Waals surface area contributed by atoms with Crippen molar-refractivity contribution in [3.05, 3.63) is 60.8 Å². The summed E-state index contributed by atoms with van der Waals surface area (Å²) in [5.74, 6) is -0.278. The minimum atomic E-state index is -1.98. The number of hydrogen-bond acceptors (Lipinski definition) is 18. The van der Waals surface area contributed by atoms with Crippen molar-refractivity contribution in [2.24, 2.45) is 0 Å². The van der Waals surface area contributed by atoms with E-state index in [0.29, 0.717) is 12.8 Å². The van der Waals surface area contributed by atoms with Crippen molar-refractivity contribution in [1.82, 2.24) is 5.32 Å². The fourth-order valence-corrected chi connectivity index (χ4v) is 16.0. The van der Waals surface area contributed by atoms with Gasteiger partial charge in [-0.3, -0.25) is 4.79 Å². The molecule has 0 spiro atoms. The molecule has 3 saturated heterocycles. The first-order valence-electron chi connectivity index (χ1n) is 47.5. The van der Waals surface area contributed by atoms with Gasteiger partial charge in [0.25, 0.3) is 0 Å². The molecule has 0 saturated carbocycles. The maximum atomic E-state index is 13.5.